The predicted octanol–water partition coefficient (Wildman–Crippen LogP) is 4.18. The Morgan fingerprint density at radius 2 is 1.78 bits per heavy atom. The second-order valence-corrected chi connectivity index (χ2v) is 6.82. The number of aryl methyl sites for hydroxylation is 3. The average molecular weight is 304 g/mol. The quantitative estimate of drug-likeness (QED) is 0.705. The lowest BCUT2D eigenvalue weighted by atomic mass is 10.1. The summed E-state index contributed by atoms with van der Waals surface area (Å²) in [6, 6.07) is 17.9. The SMILES string of the molecule is Cc1ccc(CCn2c3c(c4ccccc42)CN(C)CC3)cc1. The molecule has 4 rings (SSSR count). The molecule has 23 heavy (non-hydrogen) atoms. The summed E-state index contributed by atoms with van der Waals surface area (Å²) in [6.07, 6.45) is 2.26. The summed E-state index contributed by atoms with van der Waals surface area (Å²) >= 11 is 0. The highest BCUT2D eigenvalue weighted by Gasteiger charge is 2.21. The molecule has 0 unspecified atom stereocenters. The average Bonchev–Trinajstić information content (AvgIpc) is 2.88. The van der Waals surface area contributed by atoms with Crippen molar-refractivity contribution >= 4 is 10.9 Å². The molecule has 0 radical (unpaired) electrons. The van der Waals surface area contributed by atoms with Gasteiger partial charge in [-0.25, -0.2) is 0 Å². The van der Waals surface area contributed by atoms with Crippen molar-refractivity contribution in [3.8, 4) is 0 Å². The molecule has 0 spiro atoms. The van der Waals surface area contributed by atoms with Crippen molar-refractivity contribution in [2.45, 2.75) is 32.9 Å². The van der Waals surface area contributed by atoms with Crippen molar-refractivity contribution in [1.29, 1.82) is 0 Å². The Hall–Kier alpha value is -2.06. The van der Waals surface area contributed by atoms with E-state index in [0.717, 1.165) is 32.5 Å². The monoisotopic (exact) mass is 304 g/mol. The second kappa shape index (κ2) is 5.86. The Labute approximate surface area is 138 Å². The van der Waals surface area contributed by atoms with Gasteiger partial charge in [0.1, 0.15) is 0 Å². The van der Waals surface area contributed by atoms with Gasteiger partial charge in [0.2, 0.25) is 0 Å². The smallest absolute Gasteiger partial charge is 0.0486 e. The van der Waals surface area contributed by atoms with Gasteiger partial charge in [0.05, 0.1) is 0 Å². The maximum absolute atomic E-state index is 2.57. The van der Waals surface area contributed by atoms with Gasteiger partial charge in [-0.1, -0.05) is 48.0 Å². The molecule has 0 saturated carbocycles. The van der Waals surface area contributed by atoms with E-state index >= 15 is 0 Å². The van der Waals surface area contributed by atoms with Crippen LogP contribution in [0, 0.1) is 6.92 Å². The van der Waals surface area contributed by atoms with Crippen LogP contribution in [-0.2, 0) is 25.9 Å². The topological polar surface area (TPSA) is 8.17 Å². The van der Waals surface area contributed by atoms with Crippen LogP contribution in [0.4, 0.5) is 0 Å². The van der Waals surface area contributed by atoms with Crippen LogP contribution in [0.5, 0.6) is 0 Å². The van der Waals surface area contributed by atoms with Gasteiger partial charge in [0.15, 0.2) is 0 Å². The summed E-state index contributed by atoms with van der Waals surface area (Å²) in [7, 11) is 2.22. The first-order valence-corrected chi connectivity index (χ1v) is 8.55. The van der Waals surface area contributed by atoms with Crippen molar-refractivity contribution in [3.63, 3.8) is 0 Å². The second-order valence-electron chi connectivity index (χ2n) is 6.82. The first kappa shape index (κ1) is 14.5. The van der Waals surface area contributed by atoms with Crippen molar-refractivity contribution in [2.75, 3.05) is 13.6 Å². The lowest BCUT2D eigenvalue weighted by Crippen LogP contribution is -2.27. The maximum atomic E-state index is 2.57. The van der Waals surface area contributed by atoms with Crippen molar-refractivity contribution < 1.29 is 0 Å². The molecular formula is C21H24N2. The summed E-state index contributed by atoms with van der Waals surface area (Å²) in [4.78, 5) is 2.43. The zero-order chi connectivity index (χ0) is 15.8. The van der Waals surface area contributed by atoms with E-state index in [4.69, 9.17) is 0 Å². The summed E-state index contributed by atoms with van der Waals surface area (Å²) in [5.41, 5.74) is 7.25. The fourth-order valence-electron chi connectivity index (χ4n) is 3.79. The zero-order valence-electron chi connectivity index (χ0n) is 14.0. The largest absolute Gasteiger partial charge is 0.344 e. The van der Waals surface area contributed by atoms with Crippen LogP contribution in [0.2, 0.25) is 0 Å². The molecule has 0 atom stereocenters. The zero-order valence-corrected chi connectivity index (χ0v) is 14.0. The molecule has 118 valence electrons. The van der Waals surface area contributed by atoms with Gasteiger partial charge in [-0.15, -0.1) is 0 Å². The Morgan fingerprint density at radius 3 is 2.61 bits per heavy atom. The third kappa shape index (κ3) is 2.68. The number of hydrogen-bond acceptors (Lipinski definition) is 1. The number of likely N-dealkylation sites (N-methyl/N-ethyl adjacent to an activating group) is 1. The van der Waals surface area contributed by atoms with Crippen LogP contribution in [0.15, 0.2) is 48.5 Å². The minimum atomic E-state index is 1.07. The highest BCUT2D eigenvalue weighted by molar-refractivity contribution is 5.85. The molecule has 3 aromatic rings. The van der Waals surface area contributed by atoms with Crippen LogP contribution in [-0.4, -0.2) is 23.1 Å². The van der Waals surface area contributed by atoms with Gasteiger partial charge in [-0.2, -0.15) is 0 Å². The molecule has 2 aromatic carbocycles. The number of nitrogens with zero attached hydrogens (tertiary/aromatic N) is 2. The molecule has 0 saturated heterocycles. The van der Waals surface area contributed by atoms with Crippen LogP contribution in [0.3, 0.4) is 0 Å². The van der Waals surface area contributed by atoms with Gasteiger partial charge < -0.3 is 9.47 Å². The molecule has 0 fully saturated rings. The van der Waals surface area contributed by atoms with E-state index in [1.54, 1.807) is 11.3 Å². The molecule has 2 heteroatoms. The molecule has 0 aliphatic carbocycles. The Balaban J connectivity index is 1.70. The van der Waals surface area contributed by atoms with Crippen molar-refractivity contribution in [1.82, 2.24) is 9.47 Å². The van der Waals surface area contributed by atoms with Crippen LogP contribution in [0.1, 0.15) is 22.4 Å². The lowest BCUT2D eigenvalue weighted by Gasteiger charge is -2.24. The summed E-state index contributed by atoms with van der Waals surface area (Å²) in [5, 5.41) is 1.44. The predicted molar refractivity (Wildman–Crippen MR) is 96.9 cm³/mol. The number of para-hydroxylation sites is 1. The summed E-state index contributed by atoms with van der Waals surface area (Å²) < 4.78 is 2.57. The lowest BCUT2D eigenvalue weighted by molar-refractivity contribution is 0.309. The van der Waals surface area contributed by atoms with E-state index in [1.807, 2.05) is 0 Å². The third-order valence-corrected chi connectivity index (χ3v) is 5.10. The summed E-state index contributed by atoms with van der Waals surface area (Å²) in [6.45, 7) is 5.46. The third-order valence-electron chi connectivity index (χ3n) is 5.10. The molecule has 2 nitrogen and oxygen atoms in total. The normalized spacial score (nSPS) is 15.0. The molecule has 2 heterocycles. The van der Waals surface area contributed by atoms with E-state index in [0.29, 0.717) is 0 Å². The van der Waals surface area contributed by atoms with Crippen molar-refractivity contribution in [2.24, 2.45) is 0 Å². The molecule has 0 amide bonds. The fourth-order valence-corrected chi connectivity index (χ4v) is 3.79. The van der Waals surface area contributed by atoms with Gasteiger partial charge in [-0.3, -0.25) is 0 Å². The van der Waals surface area contributed by atoms with Gasteiger partial charge in [0.25, 0.3) is 0 Å². The van der Waals surface area contributed by atoms with E-state index in [2.05, 4.69) is 72.0 Å². The van der Waals surface area contributed by atoms with Crippen LogP contribution in [0.25, 0.3) is 10.9 Å². The highest BCUT2D eigenvalue weighted by atomic mass is 15.1. The Bertz CT molecular complexity index is 827. The maximum Gasteiger partial charge on any atom is 0.0486 e. The van der Waals surface area contributed by atoms with Gasteiger partial charge in [-0.05, 0) is 37.6 Å². The molecule has 0 bridgehead atoms. The van der Waals surface area contributed by atoms with Gasteiger partial charge >= 0.3 is 0 Å². The summed E-state index contributed by atoms with van der Waals surface area (Å²) in [5.74, 6) is 0. The fraction of sp³-hybridized carbons (Fsp3) is 0.333. The molecule has 1 aliphatic rings. The number of fused-ring (bicyclic) bond motifs is 3. The van der Waals surface area contributed by atoms with E-state index in [9.17, 15) is 0 Å². The van der Waals surface area contributed by atoms with Gasteiger partial charge in [0, 0.05) is 42.7 Å². The number of hydrogen-bond donors (Lipinski definition) is 0. The van der Waals surface area contributed by atoms with Crippen LogP contribution >= 0.6 is 0 Å². The number of benzene rings is 2. The van der Waals surface area contributed by atoms with E-state index < -0.39 is 0 Å². The van der Waals surface area contributed by atoms with Crippen LogP contribution < -0.4 is 0 Å². The van der Waals surface area contributed by atoms with Crippen molar-refractivity contribution in [3.05, 3.63) is 70.9 Å². The standard InChI is InChI=1S/C21H24N2/c1-16-7-9-17(10-8-16)11-14-23-20-6-4-3-5-18(20)19-15-22(2)13-12-21(19)23/h3-10H,11-15H2,1-2H3. The molecule has 1 aliphatic heterocycles. The first-order chi connectivity index (χ1) is 11.2. The molecule has 1 aromatic heterocycles. The Kier molecular flexibility index (Phi) is 3.70. The minimum Gasteiger partial charge on any atom is -0.344 e. The minimum absolute atomic E-state index is 1.07. The number of aromatic nitrogens is 1. The highest BCUT2D eigenvalue weighted by Crippen LogP contribution is 2.30. The number of rotatable bonds is 3. The molecule has 0 N–H and O–H groups in total. The molecular weight excluding hydrogens is 280 g/mol. The Morgan fingerprint density at radius 1 is 1.00 bits per heavy atom. The van der Waals surface area contributed by atoms with E-state index in [-0.39, 0.29) is 0 Å². The van der Waals surface area contributed by atoms with E-state index in [1.165, 1.54) is 22.0 Å². The first-order valence-electron chi connectivity index (χ1n) is 8.55.